The Balaban J connectivity index is 1.80. The third-order valence-corrected chi connectivity index (χ3v) is 4.71. The normalized spacial score (nSPS) is 11.1. The molecule has 1 N–H and O–H groups in total. The van der Waals surface area contributed by atoms with Crippen molar-refractivity contribution in [1.29, 1.82) is 0 Å². The highest BCUT2D eigenvalue weighted by Crippen LogP contribution is 2.28. The summed E-state index contributed by atoms with van der Waals surface area (Å²) in [5, 5.41) is 9.37. The van der Waals surface area contributed by atoms with Crippen LogP contribution in [0.1, 0.15) is 29.8 Å². The molecule has 0 aliphatic carbocycles. The van der Waals surface area contributed by atoms with Crippen LogP contribution in [0.5, 0.6) is 5.75 Å². The van der Waals surface area contributed by atoms with Crippen molar-refractivity contribution in [3.8, 4) is 5.75 Å². The molecule has 0 radical (unpaired) electrons. The molecule has 1 amide bonds. The van der Waals surface area contributed by atoms with Crippen LogP contribution in [0.15, 0.2) is 48.5 Å². The molecule has 4 rings (SSSR count). The molecule has 0 unspecified atom stereocenters. The molecule has 28 heavy (non-hydrogen) atoms. The summed E-state index contributed by atoms with van der Waals surface area (Å²) in [5.74, 6) is 0.807. The van der Waals surface area contributed by atoms with E-state index in [0.29, 0.717) is 30.3 Å². The van der Waals surface area contributed by atoms with E-state index in [9.17, 15) is 4.79 Å². The average molecular weight is 374 g/mol. The monoisotopic (exact) mass is 374 g/mol. The van der Waals surface area contributed by atoms with Crippen LogP contribution in [0, 0.1) is 6.92 Å². The summed E-state index contributed by atoms with van der Waals surface area (Å²) in [4.78, 5) is 17.7. The Hall–Kier alpha value is -3.41. The Labute approximate surface area is 163 Å². The largest absolute Gasteiger partial charge is 0.493 e. The van der Waals surface area contributed by atoms with Gasteiger partial charge in [-0.3, -0.25) is 4.79 Å². The van der Waals surface area contributed by atoms with Crippen LogP contribution in [0.2, 0.25) is 0 Å². The third kappa shape index (κ3) is 3.07. The molecular formula is C22H22N4O2. The van der Waals surface area contributed by atoms with Crippen molar-refractivity contribution in [3.63, 3.8) is 0 Å². The number of fused-ring (bicyclic) bond motifs is 2. The fourth-order valence-corrected chi connectivity index (χ4v) is 3.35. The summed E-state index contributed by atoms with van der Waals surface area (Å²) in [5.41, 5.74) is 3.30. The first-order valence-corrected chi connectivity index (χ1v) is 9.42. The van der Waals surface area contributed by atoms with Crippen LogP contribution >= 0.6 is 0 Å². The fourth-order valence-electron chi connectivity index (χ4n) is 3.35. The number of carbonyl (C=O) groups is 1. The highest BCUT2D eigenvalue weighted by atomic mass is 16.5. The molecule has 2 aromatic heterocycles. The molecule has 0 spiro atoms. The van der Waals surface area contributed by atoms with Gasteiger partial charge in [-0.15, -0.1) is 0 Å². The Bertz CT molecular complexity index is 1180. The number of ether oxygens (including phenoxy) is 1. The quantitative estimate of drug-likeness (QED) is 0.556. The standard InChI is InChI=1S/C22H22N4O2/c1-4-26-21-17(13-15-10-8-9-14(3)19(15)23-21)20(25-26)24-22(27)16-11-6-7-12-18(16)28-5-2/h6-13H,4-5H2,1-3H3,(H,24,25,27). The number of pyridine rings is 1. The van der Waals surface area contributed by atoms with Gasteiger partial charge in [-0.05, 0) is 44.5 Å². The van der Waals surface area contributed by atoms with Gasteiger partial charge in [0, 0.05) is 11.9 Å². The van der Waals surface area contributed by atoms with Gasteiger partial charge in [0.2, 0.25) is 0 Å². The number of hydrogen-bond acceptors (Lipinski definition) is 4. The number of nitrogens with zero attached hydrogens (tertiary/aromatic N) is 3. The molecular weight excluding hydrogens is 352 g/mol. The van der Waals surface area contributed by atoms with E-state index >= 15 is 0 Å². The highest BCUT2D eigenvalue weighted by Gasteiger charge is 2.18. The summed E-state index contributed by atoms with van der Waals surface area (Å²) < 4.78 is 7.39. The van der Waals surface area contributed by atoms with E-state index in [1.165, 1.54) is 0 Å². The predicted octanol–water partition coefficient (Wildman–Crippen LogP) is 4.56. The van der Waals surface area contributed by atoms with Gasteiger partial charge in [-0.25, -0.2) is 9.67 Å². The molecule has 0 aliphatic heterocycles. The topological polar surface area (TPSA) is 69.0 Å². The molecule has 0 aliphatic rings. The van der Waals surface area contributed by atoms with Gasteiger partial charge in [-0.1, -0.05) is 30.3 Å². The van der Waals surface area contributed by atoms with Crippen molar-refractivity contribution in [1.82, 2.24) is 14.8 Å². The van der Waals surface area contributed by atoms with Crippen molar-refractivity contribution in [2.45, 2.75) is 27.3 Å². The third-order valence-electron chi connectivity index (χ3n) is 4.71. The molecule has 0 fully saturated rings. The van der Waals surface area contributed by atoms with Crippen molar-refractivity contribution < 1.29 is 9.53 Å². The van der Waals surface area contributed by atoms with E-state index in [4.69, 9.17) is 9.72 Å². The van der Waals surface area contributed by atoms with E-state index in [2.05, 4.69) is 10.4 Å². The Morgan fingerprint density at radius 1 is 1.14 bits per heavy atom. The lowest BCUT2D eigenvalue weighted by atomic mass is 10.1. The number of hydrogen-bond donors (Lipinski definition) is 1. The van der Waals surface area contributed by atoms with E-state index in [1.54, 1.807) is 12.1 Å². The van der Waals surface area contributed by atoms with Crippen LogP contribution < -0.4 is 10.1 Å². The SMILES string of the molecule is CCOc1ccccc1C(=O)Nc1nn(CC)c2nc3c(C)cccc3cc12. The van der Waals surface area contributed by atoms with Gasteiger partial charge in [-0.2, -0.15) is 5.10 Å². The second-order valence-electron chi connectivity index (χ2n) is 6.55. The number of aryl methyl sites for hydroxylation is 2. The number of aromatic nitrogens is 3. The average Bonchev–Trinajstić information content (AvgIpc) is 3.04. The lowest BCUT2D eigenvalue weighted by Crippen LogP contribution is -2.14. The summed E-state index contributed by atoms with van der Waals surface area (Å²) >= 11 is 0. The summed E-state index contributed by atoms with van der Waals surface area (Å²) in [6.45, 7) is 7.09. The highest BCUT2D eigenvalue weighted by molar-refractivity contribution is 6.10. The zero-order valence-corrected chi connectivity index (χ0v) is 16.2. The number of anilines is 1. The molecule has 6 heteroatoms. The molecule has 2 aromatic carbocycles. The minimum absolute atomic E-state index is 0.254. The maximum absolute atomic E-state index is 12.9. The molecule has 2 heterocycles. The molecule has 0 atom stereocenters. The zero-order valence-electron chi connectivity index (χ0n) is 16.2. The van der Waals surface area contributed by atoms with Gasteiger partial charge in [0.25, 0.3) is 5.91 Å². The number of nitrogens with one attached hydrogen (secondary N) is 1. The number of benzene rings is 2. The Morgan fingerprint density at radius 3 is 2.75 bits per heavy atom. The maximum Gasteiger partial charge on any atom is 0.260 e. The lowest BCUT2D eigenvalue weighted by Gasteiger charge is -2.09. The number of carbonyl (C=O) groups excluding carboxylic acids is 1. The van der Waals surface area contributed by atoms with Crippen molar-refractivity contribution in [2.24, 2.45) is 0 Å². The Kier molecular flexibility index (Phi) is 4.69. The number of amides is 1. The van der Waals surface area contributed by atoms with Crippen LogP contribution in [0.3, 0.4) is 0 Å². The van der Waals surface area contributed by atoms with Crippen LogP contribution in [-0.2, 0) is 6.54 Å². The first-order chi connectivity index (χ1) is 13.6. The van der Waals surface area contributed by atoms with Gasteiger partial charge >= 0.3 is 0 Å². The summed E-state index contributed by atoms with van der Waals surface area (Å²) in [6.07, 6.45) is 0. The van der Waals surface area contributed by atoms with E-state index in [-0.39, 0.29) is 5.91 Å². The first kappa shape index (κ1) is 18.0. The summed E-state index contributed by atoms with van der Waals surface area (Å²) in [6, 6.07) is 15.3. The molecule has 0 saturated carbocycles. The maximum atomic E-state index is 12.9. The second-order valence-corrected chi connectivity index (χ2v) is 6.55. The molecule has 6 nitrogen and oxygen atoms in total. The molecule has 142 valence electrons. The predicted molar refractivity (Wildman–Crippen MR) is 111 cm³/mol. The van der Waals surface area contributed by atoms with E-state index < -0.39 is 0 Å². The van der Waals surface area contributed by atoms with Crippen LogP contribution in [0.4, 0.5) is 5.82 Å². The second kappa shape index (κ2) is 7.31. The lowest BCUT2D eigenvalue weighted by molar-refractivity contribution is 0.102. The van der Waals surface area contributed by atoms with Crippen LogP contribution in [-0.4, -0.2) is 27.3 Å². The number of rotatable bonds is 5. The van der Waals surface area contributed by atoms with Crippen molar-refractivity contribution >= 4 is 33.7 Å². The van der Waals surface area contributed by atoms with Gasteiger partial charge in [0.15, 0.2) is 11.5 Å². The Morgan fingerprint density at radius 2 is 1.96 bits per heavy atom. The smallest absolute Gasteiger partial charge is 0.260 e. The fraction of sp³-hybridized carbons (Fsp3) is 0.227. The molecule has 4 aromatic rings. The van der Waals surface area contributed by atoms with Crippen molar-refractivity contribution in [3.05, 3.63) is 59.7 Å². The first-order valence-electron chi connectivity index (χ1n) is 9.42. The van der Waals surface area contributed by atoms with Gasteiger partial charge < -0.3 is 10.1 Å². The minimum atomic E-state index is -0.254. The summed E-state index contributed by atoms with van der Waals surface area (Å²) in [7, 11) is 0. The minimum Gasteiger partial charge on any atom is -0.493 e. The van der Waals surface area contributed by atoms with Gasteiger partial charge in [0.1, 0.15) is 5.75 Å². The zero-order chi connectivity index (χ0) is 19.7. The van der Waals surface area contributed by atoms with Gasteiger partial charge in [0.05, 0.1) is 23.1 Å². The molecule has 0 saturated heterocycles. The number of para-hydroxylation sites is 2. The van der Waals surface area contributed by atoms with E-state index in [1.807, 2.05) is 61.9 Å². The van der Waals surface area contributed by atoms with E-state index in [0.717, 1.165) is 27.5 Å². The van der Waals surface area contributed by atoms with Crippen molar-refractivity contribution in [2.75, 3.05) is 11.9 Å². The molecule has 0 bridgehead atoms. The van der Waals surface area contributed by atoms with Crippen LogP contribution in [0.25, 0.3) is 21.9 Å².